The van der Waals surface area contributed by atoms with Crippen molar-refractivity contribution in [1.29, 1.82) is 0 Å². The standard InChI is InChI=1S/C7H17N2O2P/c1-8(2)7(10)9(3)6-12(4,5)11/h6H2,1-5H3. The Hall–Kier alpha value is -0.500. The van der Waals surface area contributed by atoms with Crippen molar-refractivity contribution in [2.24, 2.45) is 0 Å². The number of carbonyl (C=O) groups excluding carboxylic acids is 1. The highest BCUT2D eigenvalue weighted by molar-refractivity contribution is 7.62. The number of urea groups is 1. The molecular formula is C7H17N2O2P. The van der Waals surface area contributed by atoms with Crippen molar-refractivity contribution in [3.8, 4) is 0 Å². The van der Waals surface area contributed by atoms with E-state index >= 15 is 0 Å². The smallest absolute Gasteiger partial charge is 0.319 e. The van der Waals surface area contributed by atoms with Crippen LogP contribution < -0.4 is 0 Å². The summed E-state index contributed by atoms with van der Waals surface area (Å²) in [6.07, 6.45) is 0.337. The van der Waals surface area contributed by atoms with Gasteiger partial charge in [0.05, 0.1) is 6.29 Å². The molecule has 0 aromatic heterocycles. The summed E-state index contributed by atoms with van der Waals surface area (Å²) < 4.78 is 11.3. The van der Waals surface area contributed by atoms with Crippen LogP contribution in [-0.2, 0) is 4.57 Å². The zero-order valence-corrected chi connectivity index (χ0v) is 9.26. The van der Waals surface area contributed by atoms with Gasteiger partial charge in [0.15, 0.2) is 0 Å². The van der Waals surface area contributed by atoms with Crippen LogP contribution >= 0.6 is 7.14 Å². The molecule has 0 aliphatic carbocycles. The van der Waals surface area contributed by atoms with E-state index in [0.29, 0.717) is 6.29 Å². The molecule has 0 aliphatic heterocycles. The van der Waals surface area contributed by atoms with E-state index in [0.717, 1.165) is 0 Å². The number of hydrogen-bond donors (Lipinski definition) is 0. The van der Waals surface area contributed by atoms with Crippen LogP contribution in [0.2, 0.25) is 0 Å². The molecule has 5 heteroatoms. The summed E-state index contributed by atoms with van der Waals surface area (Å²) in [5.41, 5.74) is 0. The minimum atomic E-state index is -2.14. The molecule has 0 aromatic rings. The van der Waals surface area contributed by atoms with Gasteiger partial charge in [-0.25, -0.2) is 4.79 Å². The summed E-state index contributed by atoms with van der Waals surface area (Å²) in [7, 11) is 2.87. The van der Waals surface area contributed by atoms with Gasteiger partial charge in [-0.3, -0.25) is 0 Å². The molecule has 0 aliphatic rings. The van der Waals surface area contributed by atoms with Gasteiger partial charge in [-0.15, -0.1) is 0 Å². The fourth-order valence-electron chi connectivity index (χ4n) is 0.913. The van der Waals surface area contributed by atoms with Crippen molar-refractivity contribution in [3.05, 3.63) is 0 Å². The van der Waals surface area contributed by atoms with Gasteiger partial charge in [0.2, 0.25) is 0 Å². The third-order valence-corrected chi connectivity index (χ3v) is 2.37. The summed E-state index contributed by atoms with van der Waals surface area (Å²) in [6.45, 7) is 3.35. The second-order valence-corrected chi connectivity index (χ2v) is 7.02. The Bertz CT molecular complexity index is 209. The Labute approximate surface area is 73.9 Å². The number of carbonyl (C=O) groups is 1. The molecule has 72 valence electrons. The molecular weight excluding hydrogens is 175 g/mol. The van der Waals surface area contributed by atoms with E-state index in [4.69, 9.17) is 0 Å². The molecule has 4 nitrogen and oxygen atoms in total. The highest BCUT2D eigenvalue weighted by atomic mass is 31.2. The van der Waals surface area contributed by atoms with Crippen molar-refractivity contribution in [2.75, 3.05) is 40.8 Å². The third kappa shape index (κ3) is 4.39. The topological polar surface area (TPSA) is 40.6 Å². The van der Waals surface area contributed by atoms with Crippen molar-refractivity contribution in [2.45, 2.75) is 0 Å². The van der Waals surface area contributed by atoms with E-state index in [9.17, 15) is 9.36 Å². The Kier molecular flexibility index (Phi) is 3.78. The predicted molar refractivity (Wildman–Crippen MR) is 51.2 cm³/mol. The van der Waals surface area contributed by atoms with Crippen molar-refractivity contribution >= 4 is 13.2 Å². The first kappa shape index (κ1) is 11.5. The van der Waals surface area contributed by atoms with Crippen LogP contribution in [0.4, 0.5) is 4.79 Å². The minimum Gasteiger partial charge on any atom is -0.331 e. The third-order valence-electron chi connectivity index (χ3n) is 1.26. The lowest BCUT2D eigenvalue weighted by Gasteiger charge is -2.23. The van der Waals surface area contributed by atoms with E-state index < -0.39 is 7.14 Å². The van der Waals surface area contributed by atoms with Crippen LogP contribution in [0.5, 0.6) is 0 Å². The van der Waals surface area contributed by atoms with Crippen LogP contribution in [0.1, 0.15) is 0 Å². The molecule has 0 saturated carbocycles. The summed E-state index contributed by atoms with van der Waals surface area (Å²) >= 11 is 0. The van der Waals surface area contributed by atoms with Crippen molar-refractivity contribution < 1.29 is 9.36 Å². The molecule has 0 saturated heterocycles. The molecule has 0 radical (unpaired) electrons. The molecule has 0 bridgehead atoms. The molecule has 0 fully saturated rings. The molecule has 0 atom stereocenters. The van der Waals surface area contributed by atoms with Crippen molar-refractivity contribution in [3.63, 3.8) is 0 Å². The first-order valence-corrected chi connectivity index (χ1v) is 6.49. The van der Waals surface area contributed by atoms with Gasteiger partial charge in [-0.1, -0.05) is 0 Å². The molecule has 2 amide bonds. The maximum absolute atomic E-state index is 11.3. The summed E-state index contributed by atoms with van der Waals surface area (Å²) in [4.78, 5) is 14.2. The first-order valence-electron chi connectivity index (χ1n) is 3.70. The molecule has 0 unspecified atom stereocenters. The zero-order valence-electron chi connectivity index (χ0n) is 8.37. The van der Waals surface area contributed by atoms with E-state index in [-0.39, 0.29) is 6.03 Å². The lowest BCUT2D eigenvalue weighted by atomic mass is 10.7. The minimum absolute atomic E-state index is 0.112. The van der Waals surface area contributed by atoms with Gasteiger partial charge >= 0.3 is 6.03 Å². The lowest BCUT2D eigenvalue weighted by molar-refractivity contribution is 0.188. The van der Waals surface area contributed by atoms with Crippen LogP contribution in [0.3, 0.4) is 0 Å². The average Bonchev–Trinajstić information content (AvgIpc) is 1.82. The number of nitrogens with zero attached hydrogens (tertiary/aromatic N) is 2. The fourth-order valence-corrected chi connectivity index (χ4v) is 2.06. The lowest BCUT2D eigenvalue weighted by Crippen LogP contribution is -2.36. The monoisotopic (exact) mass is 192 g/mol. The maximum atomic E-state index is 11.3. The Morgan fingerprint density at radius 3 is 1.92 bits per heavy atom. The zero-order chi connectivity index (χ0) is 9.94. The van der Waals surface area contributed by atoms with Gasteiger partial charge in [0.25, 0.3) is 0 Å². The summed E-state index contributed by atoms with van der Waals surface area (Å²) in [6, 6.07) is -0.112. The van der Waals surface area contributed by atoms with Crippen LogP contribution in [0.15, 0.2) is 0 Å². The van der Waals surface area contributed by atoms with Gasteiger partial charge in [0.1, 0.15) is 7.14 Å². The molecule has 0 N–H and O–H groups in total. The maximum Gasteiger partial charge on any atom is 0.319 e. The highest BCUT2D eigenvalue weighted by Crippen LogP contribution is 2.36. The number of amides is 2. The Morgan fingerprint density at radius 2 is 1.67 bits per heavy atom. The second-order valence-electron chi connectivity index (χ2n) is 3.59. The number of hydrogen-bond acceptors (Lipinski definition) is 2. The van der Waals surface area contributed by atoms with E-state index in [1.54, 1.807) is 34.5 Å². The fraction of sp³-hybridized carbons (Fsp3) is 0.857. The Morgan fingerprint density at radius 1 is 1.25 bits per heavy atom. The molecule has 0 spiro atoms. The van der Waals surface area contributed by atoms with E-state index in [2.05, 4.69) is 0 Å². The average molecular weight is 192 g/mol. The van der Waals surface area contributed by atoms with Crippen molar-refractivity contribution in [1.82, 2.24) is 9.80 Å². The first-order chi connectivity index (χ1) is 5.24. The molecule has 0 heterocycles. The van der Waals surface area contributed by atoms with Crippen LogP contribution in [0, 0.1) is 0 Å². The van der Waals surface area contributed by atoms with Gasteiger partial charge in [-0.2, -0.15) is 0 Å². The number of rotatable bonds is 2. The van der Waals surface area contributed by atoms with Gasteiger partial charge in [0, 0.05) is 21.1 Å². The van der Waals surface area contributed by atoms with Crippen LogP contribution in [-0.4, -0.2) is 56.6 Å². The predicted octanol–water partition coefficient (Wildman–Crippen LogP) is 1.18. The SMILES string of the molecule is CN(C)C(=O)N(C)CP(C)(C)=O. The van der Waals surface area contributed by atoms with E-state index in [1.165, 1.54) is 9.80 Å². The molecule has 12 heavy (non-hydrogen) atoms. The highest BCUT2D eigenvalue weighted by Gasteiger charge is 2.16. The summed E-state index contributed by atoms with van der Waals surface area (Å²) in [5.74, 6) is 0. The Balaban J connectivity index is 4.14. The summed E-state index contributed by atoms with van der Waals surface area (Å²) in [5, 5.41) is 0. The molecule has 0 rings (SSSR count). The van der Waals surface area contributed by atoms with Gasteiger partial charge in [-0.05, 0) is 13.3 Å². The van der Waals surface area contributed by atoms with E-state index in [1.807, 2.05) is 0 Å². The molecule has 0 aromatic carbocycles. The van der Waals surface area contributed by atoms with Gasteiger partial charge < -0.3 is 14.4 Å². The second kappa shape index (κ2) is 3.94. The van der Waals surface area contributed by atoms with Crippen LogP contribution in [0.25, 0.3) is 0 Å². The normalized spacial score (nSPS) is 11.1. The largest absolute Gasteiger partial charge is 0.331 e. The quantitative estimate of drug-likeness (QED) is 0.616.